The van der Waals surface area contributed by atoms with Crippen LogP contribution in [0.5, 0.6) is 0 Å². The second kappa shape index (κ2) is 38.2. The minimum absolute atomic E-state index is 0.978. The van der Waals surface area contributed by atoms with Crippen molar-refractivity contribution >= 4 is 133 Å². The Morgan fingerprint density at radius 1 is 0.141 bits per heavy atom. The Bertz CT molecular complexity index is 8190. The maximum atomic E-state index is 2.49. The molecule has 4 heteroatoms. The van der Waals surface area contributed by atoms with E-state index >= 15 is 0 Å². The van der Waals surface area contributed by atoms with E-state index in [0.29, 0.717) is 0 Å². The average molecular weight is 1820 g/mol. The lowest BCUT2D eigenvalue weighted by atomic mass is 9.91. The molecule has 24 rings (SSSR count). The SMILES string of the molecule is CCc1ccc(N(c2cc(-c3ccccc3)cc(-c3ccc(C)cc3)c2)c2ccc3ccc4c(N(c5ccc(CC)cc5)c5cc(-c6ccccc6)cc(-c6ccc(C)cc6)c5)ccc5ccc2c3c54)cc1.Cc1ccc(-c2cc(-c3ccccc3)cc(N(c3ccc(C)cc3)c3ccc4ccc5c(N(c6ccc(C)cc6)c6cc(-c7ccccc7)cc(-c7ccc(C)cc7)c6)ccc6ccc3c4c65)c2)cc1. The highest BCUT2D eigenvalue weighted by Crippen LogP contribution is 2.54. The zero-order chi connectivity index (χ0) is 96.0. The average Bonchev–Trinajstić information content (AvgIpc) is 0.720. The molecule has 24 aromatic carbocycles. The van der Waals surface area contributed by atoms with Crippen molar-refractivity contribution in [1.29, 1.82) is 0 Å². The maximum absolute atomic E-state index is 2.49. The first-order chi connectivity index (χ1) is 69.7. The molecule has 0 fully saturated rings. The third kappa shape index (κ3) is 17.4. The maximum Gasteiger partial charge on any atom is 0.0540 e. The third-order valence-electron chi connectivity index (χ3n) is 28.7. The number of nitrogens with zero attached hydrogens (tertiary/aromatic N) is 4. The standard InChI is InChI=1S/C70H56N2.C68H52N2/c1-5-49-21-33-61(34-22-49)71(63-43-57(51-13-9-7-10-14-51)41-59(45-63)53-25-17-47(3)18-26-53)67-39-31-55-30-38-66-68(40-32-56-29-37-65(67)69(55)70(56)66)72(62-35-23-50(6-2)24-36-62)64-44-58(52-15-11-8-12-16-52)42-60(46-64)54-27-19-48(4)20-28-54;1-45-15-23-51(24-16-45)57-39-55(49-11-7-5-8-12-49)41-61(43-57)69(59-31-19-47(3)20-32-59)65-37-29-53-28-36-64-66(38-30-54-27-35-63(65)67(53)68(54)64)70(60-33-21-48(4)22-34-60)62-42-56(50-13-9-6-10-14-50)40-58(44-62)52-25-17-46(2)18-26-52/h7-46H,5-6H2,1-4H3;5-44H,1-4H3. The zero-order valence-corrected chi connectivity index (χ0v) is 81.4. The van der Waals surface area contributed by atoms with Gasteiger partial charge in [-0.3, -0.25) is 0 Å². The van der Waals surface area contributed by atoms with Crippen LogP contribution in [-0.4, -0.2) is 0 Å². The molecule has 0 saturated carbocycles. The highest BCUT2D eigenvalue weighted by atomic mass is 15.2. The van der Waals surface area contributed by atoms with Crippen LogP contribution in [0.3, 0.4) is 0 Å². The van der Waals surface area contributed by atoms with E-state index in [2.05, 4.69) is 560 Å². The fraction of sp³-hybridized carbons (Fsp3) is 0.0725. The number of hydrogen-bond donors (Lipinski definition) is 0. The highest BCUT2D eigenvalue weighted by Gasteiger charge is 2.29. The Morgan fingerprint density at radius 3 is 0.500 bits per heavy atom. The second-order valence-electron chi connectivity index (χ2n) is 38.2. The molecule has 0 aliphatic carbocycles. The summed E-state index contributed by atoms with van der Waals surface area (Å²) in [6.45, 7) is 17.4. The molecular formula is C138H108N4. The summed E-state index contributed by atoms with van der Waals surface area (Å²) in [4.78, 5) is 9.91. The van der Waals surface area contributed by atoms with E-state index in [0.717, 1.165) is 81.1 Å². The van der Waals surface area contributed by atoms with Gasteiger partial charge in [0.15, 0.2) is 0 Å². The number of rotatable bonds is 22. The zero-order valence-electron chi connectivity index (χ0n) is 81.4. The van der Waals surface area contributed by atoms with Gasteiger partial charge in [0.25, 0.3) is 0 Å². The lowest BCUT2D eigenvalue weighted by Crippen LogP contribution is -2.12. The Labute approximate surface area is 833 Å². The summed E-state index contributed by atoms with van der Waals surface area (Å²) in [6, 6.07) is 181. The van der Waals surface area contributed by atoms with E-state index in [1.54, 1.807) is 0 Å². The van der Waals surface area contributed by atoms with Gasteiger partial charge in [-0.1, -0.05) is 387 Å². The van der Waals surface area contributed by atoms with Crippen LogP contribution in [0.4, 0.5) is 68.2 Å². The van der Waals surface area contributed by atoms with Crippen molar-refractivity contribution in [2.75, 3.05) is 19.6 Å². The first-order valence-electron chi connectivity index (χ1n) is 49.7. The predicted octanol–water partition coefficient (Wildman–Crippen LogP) is 39.4. The number of hydrogen-bond acceptors (Lipinski definition) is 4. The van der Waals surface area contributed by atoms with Crippen LogP contribution >= 0.6 is 0 Å². The number of aryl methyl sites for hydroxylation is 8. The monoisotopic (exact) mass is 1820 g/mol. The molecule has 0 atom stereocenters. The van der Waals surface area contributed by atoms with Gasteiger partial charge in [-0.25, -0.2) is 0 Å². The molecule has 0 aliphatic heterocycles. The first-order valence-corrected chi connectivity index (χ1v) is 49.7. The number of benzene rings is 24. The molecule has 0 heterocycles. The minimum Gasteiger partial charge on any atom is -0.310 e. The Kier molecular flexibility index (Phi) is 23.8. The van der Waals surface area contributed by atoms with Crippen molar-refractivity contribution in [2.24, 2.45) is 0 Å². The molecule has 0 N–H and O–H groups in total. The molecule has 142 heavy (non-hydrogen) atoms. The van der Waals surface area contributed by atoms with Crippen LogP contribution in [0, 0.1) is 41.5 Å². The molecular weight excluding hydrogens is 1710 g/mol. The lowest BCUT2D eigenvalue weighted by molar-refractivity contribution is 1.14. The molecule has 0 aromatic heterocycles. The van der Waals surface area contributed by atoms with Gasteiger partial charge in [0.05, 0.1) is 22.7 Å². The topological polar surface area (TPSA) is 13.0 Å². The van der Waals surface area contributed by atoms with E-state index in [1.807, 2.05) is 0 Å². The van der Waals surface area contributed by atoms with Gasteiger partial charge in [0, 0.05) is 67.0 Å². The molecule has 0 unspecified atom stereocenters. The van der Waals surface area contributed by atoms with Gasteiger partial charge in [-0.15, -0.1) is 0 Å². The van der Waals surface area contributed by atoms with Crippen LogP contribution in [0.2, 0.25) is 0 Å². The van der Waals surface area contributed by atoms with Crippen LogP contribution < -0.4 is 19.6 Å². The normalized spacial score (nSPS) is 11.4. The summed E-state index contributed by atoms with van der Waals surface area (Å²) in [7, 11) is 0. The molecule has 680 valence electrons. The van der Waals surface area contributed by atoms with Gasteiger partial charge in [-0.2, -0.15) is 0 Å². The van der Waals surface area contributed by atoms with E-state index in [1.165, 1.54) is 198 Å². The van der Waals surface area contributed by atoms with E-state index in [4.69, 9.17) is 0 Å². The first kappa shape index (κ1) is 88.5. The summed E-state index contributed by atoms with van der Waals surface area (Å²) >= 11 is 0. The Hall–Kier alpha value is -17.4. The van der Waals surface area contributed by atoms with Crippen molar-refractivity contribution < 1.29 is 0 Å². The van der Waals surface area contributed by atoms with Crippen LogP contribution in [0.25, 0.3) is 154 Å². The van der Waals surface area contributed by atoms with Gasteiger partial charge in [-0.05, 0) is 343 Å². The lowest BCUT2D eigenvalue weighted by Gasteiger charge is -2.30. The largest absolute Gasteiger partial charge is 0.310 e. The molecule has 4 nitrogen and oxygen atoms in total. The fourth-order valence-corrected chi connectivity index (χ4v) is 21.0. The molecule has 0 radical (unpaired) electrons. The fourth-order valence-electron chi connectivity index (χ4n) is 21.0. The van der Waals surface area contributed by atoms with Crippen LogP contribution in [0.1, 0.15) is 58.4 Å². The minimum atomic E-state index is 0.978. The Balaban J connectivity index is 0.000000158. The number of anilines is 12. The molecule has 0 amide bonds. The van der Waals surface area contributed by atoms with Crippen molar-refractivity contribution in [2.45, 2.75) is 68.2 Å². The van der Waals surface area contributed by atoms with E-state index in [-0.39, 0.29) is 0 Å². The summed E-state index contributed by atoms with van der Waals surface area (Å²) in [5, 5.41) is 14.7. The molecule has 24 aromatic rings. The summed E-state index contributed by atoms with van der Waals surface area (Å²) in [6.07, 6.45) is 1.96. The van der Waals surface area contributed by atoms with Crippen molar-refractivity contribution in [3.05, 3.63) is 530 Å². The van der Waals surface area contributed by atoms with Crippen LogP contribution in [0.15, 0.2) is 485 Å². The van der Waals surface area contributed by atoms with Gasteiger partial charge < -0.3 is 19.6 Å². The quantitative estimate of drug-likeness (QED) is 0.0627. The van der Waals surface area contributed by atoms with Gasteiger partial charge >= 0.3 is 0 Å². The van der Waals surface area contributed by atoms with E-state index < -0.39 is 0 Å². The predicted molar refractivity (Wildman–Crippen MR) is 610 cm³/mol. The smallest absolute Gasteiger partial charge is 0.0540 e. The molecule has 0 aliphatic rings. The summed E-state index contributed by atoms with van der Waals surface area (Å²) in [5.74, 6) is 0. The van der Waals surface area contributed by atoms with Gasteiger partial charge in [0.2, 0.25) is 0 Å². The van der Waals surface area contributed by atoms with Crippen molar-refractivity contribution in [3.8, 4) is 89.0 Å². The summed E-state index contributed by atoms with van der Waals surface area (Å²) in [5.41, 5.74) is 42.4. The molecule has 0 saturated heterocycles. The van der Waals surface area contributed by atoms with Crippen molar-refractivity contribution in [1.82, 2.24) is 0 Å². The van der Waals surface area contributed by atoms with Crippen LogP contribution in [-0.2, 0) is 12.8 Å². The Morgan fingerprint density at radius 2 is 0.310 bits per heavy atom. The third-order valence-corrected chi connectivity index (χ3v) is 28.7. The second-order valence-corrected chi connectivity index (χ2v) is 38.2. The van der Waals surface area contributed by atoms with Crippen molar-refractivity contribution in [3.63, 3.8) is 0 Å². The van der Waals surface area contributed by atoms with Gasteiger partial charge in [0.1, 0.15) is 0 Å². The molecule has 0 spiro atoms. The molecule has 0 bridgehead atoms. The van der Waals surface area contributed by atoms with E-state index in [9.17, 15) is 0 Å². The highest BCUT2D eigenvalue weighted by molar-refractivity contribution is 6.30. The summed E-state index contributed by atoms with van der Waals surface area (Å²) < 4.78 is 0.